The molecule has 0 saturated heterocycles. The smallest absolute Gasteiger partial charge is 0.305 e. The van der Waals surface area contributed by atoms with Crippen LogP contribution >= 0.6 is 0 Å². The SMILES string of the molecule is Cc1cccc(C)c1N(CCC(=O)O)S(=O)(=O)c1ccccc1[N+](=O)[O-]. The van der Waals surface area contributed by atoms with Gasteiger partial charge in [0.15, 0.2) is 4.90 Å². The van der Waals surface area contributed by atoms with Crippen LogP contribution in [0.25, 0.3) is 0 Å². The molecular weight excluding hydrogens is 360 g/mol. The summed E-state index contributed by atoms with van der Waals surface area (Å²) in [6, 6.07) is 10.2. The number of nitro groups is 1. The second-order valence-corrected chi connectivity index (χ2v) is 7.52. The summed E-state index contributed by atoms with van der Waals surface area (Å²) in [5, 5.41) is 20.3. The van der Waals surface area contributed by atoms with Gasteiger partial charge in [0, 0.05) is 12.6 Å². The van der Waals surface area contributed by atoms with Gasteiger partial charge in [0.25, 0.3) is 15.7 Å². The van der Waals surface area contributed by atoms with Crippen LogP contribution in [0.2, 0.25) is 0 Å². The molecule has 0 fully saturated rings. The van der Waals surface area contributed by atoms with Gasteiger partial charge in [-0.3, -0.25) is 19.2 Å². The molecule has 1 N–H and O–H groups in total. The normalized spacial score (nSPS) is 11.2. The van der Waals surface area contributed by atoms with Crippen molar-refractivity contribution in [3.05, 3.63) is 63.7 Å². The second-order valence-electron chi connectivity index (χ2n) is 5.69. The Balaban J connectivity index is 2.69. The standard InChI is InChI=1S/C17H18N2O6S/c1-12-6-5-7-13(2)17(12)18(11-10-16(20)21)26(24,25)15-9-4-3-8-14(15)19(22)23/h3-9H,10-11H2,1-2H3,(H,20,21). The lowest BCUT2D eigenvalue weighted by molar-refractivity contribution is -0.387. The van der Waals surface area contributed by atoms with Gasteiger partial charge in [0.2, 0.25) is 0 Å². The van der Waals surface area contributed by atoms with E-state index in [9.17, 15) is 23.3 Å². The predicted molar refractivity (Wildman–Crippen MR) is 95.8 cm³/mol. The molecule has 9 heteroatoms. The number of carboxylic acid groups (broad SMARTS) is 1. The molecule has 26 heavy (non-hydrogen) atoms. The third kappa shape index (κ3) is 3.83. The molecule has 0 atom stereocenters. The summed E-state index contributed by atoms with van der Waals surface area (Å²) in [6.45, 7) is 3.06. The van der Waals surface area contributed by atoms with E-state index >= 15 is 0 Å². The lowest BCUT2D eigenvalue weighted by Gasteiger charge is -2.27. The zero-order valence-electron chi connectivity index (χ0n) is 14.2. The maximum Gasteiger partial charge on any atom is 0.305 e. The quantitative estimate of drug-likeness (QED) is 0.585. The largest absolute Gasteiger partial charge is 0.481 e. The number of anilines is 1. The molecule has 0 radical (unpaired) electrons. The number of aryl methyl sites for hydroxylation is 2. The Kier molecular flexibility index (Phi) is 5.61. The number of para-hydroxylation sites is 2. The average Bonchev–Trinajstić information content (AvgIpc) is 2.57. The van der Waals surface area contributed by atoms with E-state index in [-0.39, 0.29) is 6.54 Å². The van der Waals surface area contributed by atoms with Crippen LogP contribution in [0.3, 0.4) is 0 Å². The molecule has 0 bridgehead atoms. The molecule has 8 nitrogen and oxygen atoms in total. The minimum absolute atomic E-state index is 0.326. The molecule has 0 aromatic heterocycles. The van der Waals surface area contributed by atoms with Crippen molar-refractivity contribution < 1.29 is 23.2 Å². The molecule has 0 spiro atoms. The summed E-state index contributed by atoms with van der Waals surface area (Å²) >= 11 is 0. The van der Waals surface area contributed by atoms with Crippen molar-refractivity contribution in [2.24, 2.45) is 0 Å². The summed E-state index contributed by atoms with van der Waals surface area (Å²) in [4.78, 5) is 21.0. The first-order chi connectivity index (χ1) is 12.2. The third-order valence-corrected chi connectivity index (χ3v) is 5.69. The van der Waals surface area contributed by atoms with Crippen LogP contribution in [0.4, 0.5) is 11.4 Å². The molecule has 0 aliphatic carbocycles. The monoisotopic (exact) mass is 378 g/mol. The zero-order chi connectivity index (χ0) is 19.5. The highest BCUT2D eigenvalue weighted by atomic mass is 32.2. The van der Waals surface area contributed by atoms with Gasteiger partial charge in [0.05, 0.1) is 17.0 Å². The number of sulfonamides is 1. The lowest BCUT2D eigenvalue weighted by atomic mass is 10.1. The Hall–Kier alpha value is -2.94. The number of hydrogen-bond acceptors (Lipinski definition) is 5. The lowest BCUT2D eigenvalue weighted by Crippen LogP contribution is -2.34. The number of nitro benzene ring substituents is 1. The molecule has 0 aliphatic rings. The van der Waals surface area contributed by atoms with Crippen molar-refractivity contribution >= 4 is 27.4 Å². The highest BCUT2D eigenvalue weighted by Crippen LogP contribution is 2.33. The van der Waals surface area contributed by atoms with Gasteiger partial charge in [-0.15, -0.1) is 0 Å². The van der Waals surface area contributed by atoms with Gasteiger partial charge in [-0.05, 0) is 31.0 Å². The molecule has 138 valence electrons. The fourth-order valence-electron chi connectivity index (χ4n) is 2.69. The van der Waals surface area contributed by atoms with Gasteiger partial charge >= 0.3 is 5.97 Å². The minimum atomic E-state index is -4.34. The Bertz CT molecular complexity index is 935. The molecule has 2 aromatic carbocycles. The molecule has 0 unspecified atom stereocenters. The number of carboxylic acids is 1. The number of nitrogens with zero attached hydrogens (tertiary/aromatic N) is 2. The number of carbonyl (C=O) groups is 1. The van der Waals surface area contributed by atoms with Crippen LogP contribution in [0.1, 0.15) is 17.5 Å². The van der Waals surface area contributed by atoms with Crippen molar-refractivity contribution in [1.82, 2.24) is 0 Å². The summed E-state index contributed by atoms with van der Waals surface area (Å²) in [6.07, 6.45) is -0.437. The third-order valence-electron chi connectivity index (χ3n) is 3.85. The first kappa shape index (κ1) is 19.4. The van der Waals surface area contributed by atoms with E-state index in [1.54, 1.807) is 32.0 Å². The molecular formula is C17H18N2O6S. The van der Waals surface area contributed by atoms with Crippen molar-refractivity contribution in [1.29, 1.82) is 0 Å². The molecule has 0 saturated carbocycles. The van der Waals surface area contributed by atoms with Crippen molar-refractivity contribution in [2.45, 2.75) is 25.2 Å². The maximum absolute atomic E-state index is 13.2. The highest BCUT2D eigenvalue weighted by Gasteiger charge is 2.33. The summed E-state index contributed by atoms with van der Waals surface area (Å²) in [5.74, 6) is -1.17. The summed E-state index contributed by atoms with van der Waals surface area (Å²) < 4.78 is 27.3. The van der Waals surface area contributed by atoms with Gasteiger partial charge in [-0.1, -0.05) is 30.3 Å². The van der Waals surface area contributed by atoms with E-state index in [1.165, 1.54) is 12.1 Å². The second kappa shape index (κ2) is 7.52. The van der Waals surface area contributed by atoms with E-state index in [4.69, 9.17) is 5.11 Å². The first-order valence-corrected chi connectivity index (χ1v) is 9.14. The average molecular weight is 378 g/mol. The van der Waals surface area contributed by atoms with Crippen LogP contribution in [-0.4, -0.2) is 31.0 Å². The number of benzene rings is 2. The fraction of sp³-hybridized carbons (Fsp3) is 0.235. The van der Waals surface area contributed by atoms with Crippen LogP contribution in [0, 0.1) is 24.0 Å². The van der Waals surface area contributed by atoms with Crippen LogP contribution in [0.5, 0.6) is 0 Å². The Morgan fingerprint density at radius 2 is 1.69 bits per heavy atom. The van der Waals surface area contributed by atoms with Crippen molar-refractivity contribution in [3.63, 3.8) is 0 Å². The number of aliphatic carboxylic acids is 1. The number of hydrogen-bond donors (Lipinski definition) is 1. The van der Waals surface area contributed by atoms with E-state index in [1.807, 2.05) is 0 Å². The van der Waals surface area contributed by atoms with Gasteiger partial charge in [0.1, 0.15) is 0 Å². The molecule has 2 rings (SSSR count). The van der Waals surface area contributed by atoms with Crippen LogP contribution in [0.15, 0.2) is 47.4 Å². The maximum atomic E-state index is 13.2. The first-order valence-electron chi connectivity index (χ1n) is 7.70. The molecule has 2 aromatic rings. The predicted octanol–water partition coefficient (Wildman–Crippen LogP) is 2.88. The van der Waals surface area contributed by atoms with E-state index in [0.29, 0.717) is 16.8 Å². The summed E-state index contributed by atoms with van der Waals surface area (Å²) in [5.41, 5.74) is 1.01. The van der Waals surface area contributed by atoms with Gasteiger partial charge in [-0.2, -0.15) is 0 Å². The minimum Gasteiger partial charge on any atom is -0.481 e. The number of rotatable bonds is 7. The zero-order valence-corrected chi connectivity index (χ0v) is 15.1. The van der Waals surface area contributed by atoms with Crippen LogP contribution in [-0.2, 0) is 14.8 Å². The van der Waals surface area contributed by atoms with Gasteiger partial charge < -0.3 is 5.11 Å². The highest BCUT2D eigenvalue weighted by molar-refractivity contribution is 7.93. The topological polar surface area (TPSA) is 118 Å². The Morgan fingerprint density at radius 1 is 1.12 bits per heavy atom. The van der Waals surface area contributed by atoms with E-state index in [2.05, 4.69) is 0 Å². The molecule has 0 heterocycles. The molecule has 0 amide bonds. The Labute approximate surface area is 150 Å². The molecule has 0 aliphatic heterocycles. The van der Waals surface area contributed by atoms with Gasteiger partial charge in [-0.25, -0.2) is 8.42 Å². The Morgan fingerprint density at radius 3 is 2.23 bits per heavy atom. The van der Waals surface area contributed by atoms with Crippen molar-refractivity contribution in [3.8, 4) is 0 Å². The van der Waals surface area contributed by atoms with E-state index < -0.39 is 37.9 Å². The van der Waals surface area contributed by atoms with Crippen LogP contribution < -0.4 is 4.31 Å². The summed E-state index contributed by atoms with van der Waals surface area (Å²) in [7, 11) is -4.34. The van der Waals surface area contributed by atoms with Crippen molar-refractivity contribution in [2.75, 3.05) is 10.8 Å². The van der Waals surface area contributed by atoms with E-state index in [0.717, 1.165) is 16.4 Å². The fourth-order valence-corrected chi connectivity index (χ4v) is 4.45.